The summed E-state index contributed by atoms with van der Waals surface area (Å²) in [7, 11) is 0. The third kappa shape index (κ3) is 1.07. The summed E-state index contributed by atoms with van der Waals surface area (Å²) in [6, 6.07) is 9.41. The second kappa shape index (κ2) is 2.79. The van der Waals surface area contributed by atoms with Gasteiger partial charge in [0.2, 0.25) is 0 Å². The highest BCUT2D eigenvalue weighted by Crippen LogP contribution is 2.27. The summed E-state index contributed by atoms with van der Waals surface area (Å²) in [6.07, 6.45) is 1.71. The predicted molar refractivity (Wildman–Crippen MR) is 55.2 cm³/mol. The van der Waals surface area contributed by atoms with Crippen LogP contribution >= 0.6 is 0 Å². The van der Waals surface area contributed by atoms with Gasteiger partial charge in [-0.25, -0.2) is 9.97 Å². The largest absolute Gasteiger partial charge is 0.344 e. The Morgan fingerprint density at radius 1 is 1.27 bits per heavy atom. The molecule has 70 valence electrons. The van der Waals surface area contributed by atoms with E-state index in [-0.39, 0.29) is 0 Å². The normalized spacial score (nSPS) is 10.6. The zero-order valence-corrected chi connectivity index (χ0v) is 7.73. The lowest BCUT2D eigenvalue weighted by atomic mass is 10.2. The summed E-state index contributed by atoms with van der Waals surface area (Å²) in [5.74, 6) is 0. The Hall–Kier alpha value is -2.41. The number of hydrogen-bond acceptors (Lipinski definition) is 3. The summed E-state index contributed by atoms with van der Waals surface area (Å²) >= 11 is 0. The molecule has 0 amide bonds. The van der Waals surface area contributed by atoms with Gasteiger partial charge in [-0.15, -0.1) is 0 Å². The Morgan fingerprint density at radius 2 is 2.20 bits per heavy atom. The molecule has 0 bridgehead atoms. The van der Waals surface area contributed by atoms with Gasteiger partial charge >= 0.3 is 0 Å². The molecule has 0 aliphatic carbocycles. The zero-order chi connectivity index (χ0) is 10.3. The van der Waals surface area contributed by atoms with Gasteiger partial charge in [-0.1, -0.05) is 0 Å². The van der Waals surface area contributed by atoms with Crippen LogP contribution in [0.5, 0.6) is 0 Å². The average Bonchev–Trinajstić information content (AvgIpc) is 2.66. The molecule has 1 N–H and O–H groups in total. The molecule has 2 aliphatic heterocycles. The first kappa shape index (κ1) is 7.94. The number of nitriles is 1. The van der Waals surface area contributed by atoms with Crippen molar-refractivity contribution in [2.45, 2.75) is 0 Å². The SMILES string of the molecule is N#Cc1ccc2nc3ncccc3c-2[nH]1. The fourth-order valence-electron chi connectivity index (χ4n) is 1.64. The van der Waals surface area contributed by atoms with E-state index < -0.39 is 0 Å². The molecule has 3 heterocycles. The lowest BCUT2D eigenvalue weighted by Gasteiger charge is -1.97. The van der Waals surface area contributed by atoms with E-state index in [2.05, 4.69) is 21.0 Å². The Bertz CT molecular complexity index is 647. The lowest BCUT2D eigenvalue weighted by Crippen LogP contribution is -1.86. The van der Waals surface area contributed by atoms with Crippen molar-refractivity contribution >= 4 is 11.0 Å². The van der Waals surface area contributed by atoms with Gasteiger partial charge in [0.1, 0.15) is 11.8 Å². The number of nitrogens with one attached hydrogen (secondary N) is 1. The fraction of sp³-hybridized carbons (Fsp3) is 0. The van der Waals surface area contributed by atoms with Gasteiger partial charge in [0.15, 0.2) is 5.65 Å². The van der Waals surface area contributed by atoms with Crippen LogP contribution in [0.15, 0.2) is 30.5 Å². The molecule has 0 fully saturated rings. The topological polar surface area (TPSA) is 65.4 Å². The highest BCUT2D eigenvalue weighted by atomic mass is 14.9. The summed E-state index contributed by atoms with van der Waals surface area (Å²) in [4.78, 5) is 11.5. The van der Waals surface area contributed by atoms with Crippen molar-refractivity contribution in [1.29, 1.82) is 5.26 Å². The van der Waals surface area contributed by atoms with Gasteiger partial charge in [0.25, 0.3) is 0 Å². The van der Waals surface area contributed by atoms with Crippen LogP contribution in [-0.4, -0.2) is 15.0 Å². The van der Waals surface area contributed by atoms with Crippen LogP contribution in [0.3, 0.4) is 0 Å². The molecule has 0 unspecified atom stereocenters. The molecule has 0 saturated heterocycles. The maximum atomic E-state index is 8.79. The van der Waals surface area contributed by atoms with Crippen molar-refractivity contribution in [1.82, 2.24) is 15.0 Å². The summed E-state index contributed by atoms with van der Waals surface area (Å²) < 4.78 is 0. The minimum atomic E-state index is 0.528. The van der Waals surface area contributed by atoms with Crippen molar-refractivity contribution in [2.75, 3.05) is 0 Å². The molecular formula is C11H6N4. The Morgan fingerprint density at radius 3 is 3.07 bits per heavy atom. The van der Waals surface area contributed by atoms with Crippen molar-refractivity contribution in [2.24, 2.45) is 0 Å². The maximum absolute atomic E-state index is 8.79. The molecule has 1 aromatic heterocycles. The maximum Gasteiger partial charge on any atom is 0.162 e. The molecule has 0 saturated carbocycles. The summed E-state index contributed by atoms with van der Waals surface area (Å²) in [5.41, 5.74) is 2.94. The lowest BCUT2D eigenvalue weighted by molar-refractivity contribution is 1.25. The van der Waals surface area contributed by atoms with E-state index in [1.165, 1.54) is 0 Å². The van der Waals surface area contributed by atoms with Gasteiger partial charge in [-0.05, 0) is 24.3 Å². The Labute approximate surface area is 85.6 Å². The van der Waals surface area contributed by atoms with E-state index in [9.17, 15) is 0 Å². The minimum absolute atomic E-state index is 0.528. The summed E-state index contributed by atoms with van der Waals surface area (Å²) in [5, 5.41) is 9.74. The molecule has 4 heteroatoms. The summed E-state index contributed by atoms with van der Waals surface area (Å²) in [6.45, 7) is 0. The van der Waals surface area contributed by atoms with E-state index in [4.69, 9.17) is 5.26 Å². The number of nitrogens with zero attached hydrogens (tertiary/aromatic N) is 3. The molecule has 3 rings (SSSR count). The average molecular weight is 194 g/mol. The molecule has 0 aromatic carbocycles. The van der Waals surface area contributed by atoms with Crippen molar-refractivity contribution in [3.8, 4) is 17.5 Å². The second-order valence-corrected chi connectivity index (χ2v) is 3.23. The zero-order valence-electron chi connectivity index (χ0n) is 7.73. The molecule has 2 aliphatic rings. The van der Waals surface area contributed by atoms with E-state index in [1.807, 2.05) is 18.2 Å². The van der Waals surface area contributed by atoms with Crippen LogP contribution in [0, 0.1) is 11.3 Å². The molecule has 15 heavy (non-hydrogen) atoms. The van der Waals surface area contributed by atoms with Crippen molar-refractivity contribution in [3.05, 3.63) is 36.2 Å². The van der Waals surface area contributed by atoms with Crippen LogP contribution < -0.4 is 0 Å². The van der Waals surface area contributed by atoms with Crippen molar-refractivity contribution in [3.63, 3.8) is 0 Å². The third-order valence-corrected chi connectivity index (χ3v) is 2.33. The van der Waals surface area contributed by atoms with Crippen LogP contribution in [-0.2, 0) is 0 Å². The Balaban J connectivity index is 2.47. The number of fused-ring (bicyclic) bond motifs is 3. The van der Waals surface area contributed by atoms with Crippen LogP contribution in [0.1, 0.15) is 5.69 Å². The first-order valence-electron chi connectivity index (χ1n) is 4.52. The minimum Gasteiger partial charge on any atom is -0.344 e. The molecule has 0 radical (unpaired) electrons. The van der Waals surface area contributed by atoms with Gasteiger partial charge in [0.05, 0.1) is 11.4 Å². The third-order valence-electron chi connectivity index (χ3n) is 2.33. The predicted octanol–water partition coefficient (Wildman–Crippen LogP) is 1.93. The quantitative estimate of drug-likeness (QED) is 0.594. The second-order valence-electron chi connectivity index (χ2n) is 3.23. The van der Waals surface area contributed by atoms with E-state index in [0.717, 1.165) is 16.8 Å². The smallest absolute Gasteiger partial charge is 0.162 e. The van der Waals surface area contributed by atoms with Gasteiger partial charge < -0.3 is 4.98 Å². The Kier molecular flexibility index (Phi) is 1.48. The van der Waals surface area contributed by atoms with Crippen molar-refractivity contribution < 1.29 is 0 Å². The first-order chi connectivity index (χ1) is 7.38. The van der Waals surface area contributed by atoms with Crippen LogP contribution in [0.4, 0.5) is 0 Å². The van der Waals surface area contributed by atoms with Crippen LogP contribution in [0.25, 0.3) is 22.4 Å². The number of hydrogen-bond donors (Lipinski definition) is 1. The van der Waals surface area contributed by atoms with Gasteiger partial charge in [-0.2, -0.15) is 5.26 Å². The molecule has 0 spiro atoms. The standard InChI is InChI=1S/C11H6N4/c12-6-7-3-4-9-10(14-7)8-2-1-5-13-11(8)15-9/h1-5,14H. The highest BCUT2D eigenvalue weighted by molar-refractivity contribution is 5.93. The first-order valence-corrected chi connectivity index (χ1v) is 4.52. The molecular weight excluding hydrogens is 188 g/mol. The van der Waals surface area contributed by atoms with Crippen LogP contribution in [0.2, 0.25) is 0 Å². The molecule has 4 nitrogen and oxygen atoms in total. The number of rotatable bonds is 0. The highest BCUT2D eigenvalue weighted by Gasteiger charge is 2.12. The molecule has 1 aromatic rings. The number of pyridine rings is 2. The molecule has 0 atom stereocenters. The number of aromatic nitrogens is 3. The fourth-order valence-corrected chi connectivity index (χ4v) is 1.64. The van der Waals surface area contributed by atoms with E-state index in [0.29, 0.717) is 11.3 Å². The monoisotopic (exact) mass is 194 g/mol. The van der Waals surface area contributed by atoms with E-state index >= 15 is 0 Å². The van der Waals surface area contributed by atoms with Gasteiger partial charge in [0, 0.05) is 11.6 Å². The van der Waals surface area contributed by atoms with Gasteiger partial charge in [-0.3, -0.25) is 0 Å². The number of aromatic amines is 1. The number of H-pyrrole nitrogens is 1. The van der Waals surface area contributed by atoms with E-state index in [1.54, 1.807) is 12.3 Å².